The number of nitrogens with one attached hydrogen (secondary N) is 1. The van der Waals surface area contributed by atoms with Crippen LogP contribution in [0.5, 0.6) is 0 Å². The van der Waals surface area contributed by atoms with Crippen molar-refractivity contribution in [3.63, 3.8) is 0 Å². The van der Waals surface area contributed by atoms with Crippen molar-refractivity contribution in [2.45, 2.75) is 25.9 Å². The first kappa shape index (κ1) is 13.0. The molecular weight excluding hydrogens is 236 g/mol. The van der Waals surface area contributed by atoms with Gasteiger partial charge in [0.2, 0.25) is 0 Å². The number of nitrogens with zero attached hydrogens (tertiary/aromatic N) is 3. The van der Waals surface area contributed by atoms with Crippen molar-refractivity contribution in [3.8, 4) is 0 Å². The van der Waals surface area contributed by atoms with Crippen molar-refractivity contribution in [1.29, 1.82) is 0 Å². The molecule has 0 bridgehead atoms. The van der Waals surface area contributed by atoms with Gasteiger partial charge < -0.3 is 5.32 Å². The van der Waals surface area contributed by atoms with Gasteiger partial charge in [0, 0.05) is 58.1 Å². The smallest absolute Gasteiger partial charge is 0.0573 e. The minimum atomic E-state index is 0.756. The van der Waals surface area contributed by atoms with Crippen molar-refractivity contribution < 1.29 is 0 Å². The summed E-state index contributed by atoms with van der Waals surface area (Å²) in [6, 6.07) is 4.93. The lowest BCUT2D eigenvalue weighted by Crippen LogP contribution is -2.49. The van der Waals surface area contributed by atoms with Crippen LogP contribution < -0.4 is 5.32 Å². The highest BCUT2D eigenvalue weighted by molar-refractivity contribution is 5.17. The van der Waals surface area contributed by atoms with E-state index in [4.69, 9.17) is 0 Å². The number of likely N-dealkylation sites (tertiary alicyclic amines) is 1. The fourth-order valence-corrected chi connectivity index (χ4v) is 3.20. The van der Waals surface area contributed by atoms with Gasteiger partial charge in [0.25, 0.3) is 0 Å². The highest BCUT2D eigenvalue weighted by Crippen LogP contribution is 2.18. The van der Waals surface area contributed by atoms with Crippen LogP contribution >= 0.6 is 0 Å². The monoisotopic (exact) mass is 260 g/mol. The molecule has 4 heteroatoms. The number of aromatic nitrogens is 1. The van der Waals surface area contributed by atoms with Crippen LogP contribution in [0.15, 0.2) is 18.3 Å². The van der Waals surface area contributed by atoms with Gasteiger partial charge in [-0.05, 0) is 25.0 Å². The number of rotatable bonds is 3. The third kappa shape index (κ3) is 3.14. The van der Waals surface area contributed by atoms with Crippen LogP contribution in [0.1, 0.15) is 17.7 Å². The van der Waals surface area contributed by atoms with E-state index in [0.29, 0.717) is 0 Å². The first-order valence-electron chi connectivity index (χ1n) is 7.40. The average molecular weight is 260 g/mol. The molecule has 104 valence electrons. The SMILES string of the molecule is Cc1cccnc1CN1CCC(N2CCNCC2)C1. The zero-order chi connectivity index (χ0) is 13.1. The van der Waals surface area contributed by atoms with Crippen molar-refractivity contribution in [1.82, 2.24) is 20.1 Å². The molecule has 1 unspecified atom stereocenters. The van der Waals surface area contributed by atoms with Crippen LogP contribution in [0.3, 0.4) is 0 Å². The molecule has 1 aromatic heterocycles. The van der Waals surface area contributed by atoms with E-state index in [9.17, 15) is 0 Å². The standard InChI is InChI=1S/C15H24N4/c1-13-3-2-5-17-15(13)12-18-8-4-14(11-18)19-9-6-16-7-10-19/h2-3,5,14,16H,4,6-12H2,1H3. The second-order valence-corrected chi connectivity index (χ2v) is 5.73. The van der Waals surface area contributed by atoms with E-state index in [2.05, 4.69) is 33.1 Å². The van der Waals surface area contributed by atoms with Gasteiger partial charge in [0.1, 0.15) is 0 Å². The van der Waals surface area contributed by atoms with E-state index in [1.54, 1.807) is 0 Å². The Balaban J connectivity index is 1.55. The summed E-state index contributed by atoms with van der Waals surface area (Å²) in [5.41, 5.74) is 2.55. The lowest BCUT2D eigenvalue weighted by molar-refractivity contribution is 0.170. The van der Waals surface area contributed by atoms with Crippen molar-refractivity contribution in [2.75, 3.05) is 39.3 Å². The fraction of sp³-hybridized carbons (Fsp3) is 0.667. The van der Waals surface area contributed by atoms with E-state index >= 15 is 0 Å². The molecule has 4 nitrogen and oxygen atoms in total. The van der Waals surface area contributed by atoms with Gasteiger partial charge in [-0.15, -0.1) is 0 Å². The van der Waals surface area contributed by atoms with E-state index in [-0.39, 0.29) is 0 Å². The van der Waals surface area contributed by atoms with Crippen LogP contribution in [0.25, 0.3) is 0 Å². The Morgan fingerprint density at radius 3 is 2.95 bits per heavy atom. The predicted octanol–water partition coefficient (Wildman–Crippen LogP) is 0.870. The third-order valence-corrected chi connectivity index (χ3v) is 4.41. The summed E-state index contributed by atoms with van der Waals surface area (Å²) < 4.78 is 0. The molecule has 3 heterocycles. The molecule has 2 aliphatic rings. The summed E-state index contributed by atoms with van der Waals surface area (Å²) >= 11 is 0. The Morgan fingerprint density at radius 2 is 2.16 bits per heavy atom. The van der Waals surface area contributed by atoms with Gasteiger partial charge in [-0.3, -0.25) is 14.8 Å². The van der Waals surface area contributed by atoms with Crippen LogP contribution in [-0.4, -0.2) is 60.1 Å². The topological polar surface area (TPSA) is 31.4 Å². The zero-order valence-electron chi connectivity index (χ0n) is 11.8. The molecule has 2 fully saturated rings. The Labute approximate surface area is 115 Å². The molecule has 0 radical (unpaired) electrons. The zero-order valence-corrected chi connectivity index (χ0v) is 11.8. The Morgan fingerprint density at radius 1 is 1.32 bits per heavy atom. The normalized spacial score (nSPS) is 25.8. The summed E-state index contributed by atoms with van der Waals surface area (Å²) in [5, 5.41) is 3.43. The summed E-state index contributed by atoms with van der Waals surface area (Å²) in [7, 11) is 0. The number of hydrogen-bond acceptors (Lipinski definition) is 4. The first-order chi connectivity index (χ1) is 9.33. The molecule has 0 saturated carbocycles. The van der Waals surface area contributed by atoms with Crippen LogP contribution in [0.4, 0.5) is 0 Å². The molecule has 2 saturated heterocycles. The summed E-state index contributed by atoms with van der Waals surface area (Å²) in [5.74, 6) is 0. The largest absolute Gasteiger partial charge is 0.314 e. The Hall–Kier alpha value is -0.970. The summed E-state index contributed by atoms with van der Waals surface area (Å²) in [6.45, 7) is 10.3. The summed E-state index contributed by atoms with van der Waals surface area (Å²) in [4.78, 5) is 9.73. The second kappa shape index (κ2) is 5.99. The second-order valence-electron chi connectivity index (χ2n) is 5.73. The molecule has 19 heavy (non-hydrogen) atoms. The third-order valence-electron chi connectivity index (χ3n) is 4.41. The molecule has 1 aromatic rings. The number of hydrogen-bond donors (Lipinski definition) is 1. The molecule has 0 aliphatic carbocycles. The molecular formula is C15H24N4. The van der Waals surface area contributed by atoms with E-state index < -0.39 is 0 Å². The van der Waals surface area contributed by atoms with Gasteiger partial charge in [-0.1, -0.05) is 6.07 Å². The van der Waals surface area contributed by atoms with Crippen LogP contribution in [0, 0.1) is 6.92 Å². The van der Waals surface area contributed by atoms with Gasteiger partial charge in [0.15, 0.2) is 0 Å². The van der Waals surface area contributed by atoms with E-state index in [1.165, 1.54) is 43.9 Å². The minimum absolute atomic E-state index is 0.756. The fourth-order valence-electron chi connectivity index (χ4n) is 3.20. The predicted molar refractivity (Wildman–Crippen MR) is 77.1 cm³/mol. The highest BCUT2D eigenvalue weighted by atomic mass is 15.3. The first-order valence-corrected chi connectivity index (χ1v) is 7.40. The molecule has 1 N–H and O–H groups in total. The number of piperazine rings is 1. The Bertz CT molecular complexity index is 414. The number of aryl methyl sites for hydroxylation is 1. The van der Waals surface area contributed by atoms with Gasteiger partial charge in [0.05, 0.1) is 5.69 Å². The average Bonchev–Trinajstić information content (AvgIpc) is 2.91. The minimum Gasteiger partial charge on any atom is -0.314 e. The maximum absolute atomic E-state index is 4.51. The van der Waals surface area contributed by atoms with Crippen molar-refractivity contribution in [2.24, 2.45) is 0 Å². The van der Waals surface area contributed by atoms with Gasteiger partial charge in [-0.25, -0.2) is 0 Å². The maximum Gasteiger partial charge on any atom is 0.0573 e. The van der Waals surface area contributed by atoms with Crippen molar-refractivity contribution >= 4 is 0 Å². The molecule has 0 amide bonds. The number of pyridine rings is 1. The Kier molecular flexibility index (Phi) is 4.11. The lowest BCUT2D eigenvalue weighted by Gasteiger charge is -2.32. The molecule has 2 aliphatic heterocycles. The van der Waals surface area contributed by atoms with Crippen LogP contribution in [-0.2, 0) is 6.54 Å². The lowest BCUT2D eigenvalue weighted by atomic mass is 10.2. The maximum atomic E-state index is 4.51. The molecule has 0 aromatic carbocycles. The van der Waals surface area contributed by atoms with Gasteiger partial charge >= 0.3 is 0 Å². The van der Waals surface area contributed by atoms with Crippen molar-refractivity contribution in [3.05, 3.63) is 29.6 Å². The van der Waals surface area contributed by atoms with Crippen LogP contribution in [0.2, 0.25) is 0 Å². The van der Waals surface area contributed by atoms with E-state index in [0.717, 1.165) is 25.7 Å². The molecule has 1 atom stereocenters. The quantitative estimate of drug-likeness (QED) is 0.874. The molecule has 0 spiro atoms. The molecule has 3 rings (SSSR count). The van der Waals surface area contributed by atoms with E-state index in [1.807, 2.05) is 12.3 Å². The van der Waals surface area contributed by atoms with Gasteiger partial charge in [-0.2, -0.15) is 0 Å². The summed E-state index contributed by atoms with van der Waals surface area (Å²) in [6.07, 6.45) is 3.22. The highest BCUT2D eigenvalue weighted by Gasteiger charge is 2.28.